The van der Waals surface area contributed by atoms with Crippen LogP contribution in [0.1, 0.15) is 22.8 Å². The number of aromatic amines is 1. The van der Waals surface area contributed by atoms with E-state index < -0.39 is 22.2 Å². The fourth-order valence-electron chi connectivity index (χ4n) is 4.39. The number of hydrogen-bond acceptors (Lipinski definition) is 5. The number of aliphatic hydroxyl groups excluding tert-OH is 1. The van der Waals surface area contributed by atoms with Gasteiger partial charge in [-0.15, -0.1) is 0 Å². The molecule has 0 bridgehead atoms. The maximum Gasteiger partial charge on any atom is 0.244 e. The normalized spacial score (nSPS) is 20.2. The van der Waals surface area contributed by atoms with Crippen LogP contribution in [-0.4, -0.2) is 40.9 Å². The topological polar surface area (TPSA) is 95.5 Å². The van der Waals surface area contributed by atoms with Crippen molar-refractivity contribution in [3.05, 3.63) is 89.9 Å². The lowest BCUT2D eigenvalue weighted by Gasteiger charge is -2.39. The summed E-state index contributed by atoms with van der Waals surface area (Å²) in [6.07, 6.45) is 4.52. The highest BCUT2D eigenvalue weighted by atomic mass is 32.2. The molecule has 3 heterocycles. The number of H-pyrrole nitrogens is 1. The molecule has 2 unspecified atom stereocenters. The van der Waals surface area contributed by atoms with Gasteiger partial charge in [-0.1, -0.05) is 18.2 Å². The van der Waals surface area contributed by atoms with Gasteiger partial charge >= 0.3 is 0 Å². The second-order valence-corrected chi connectivity index (χ2v) is 9.74. The summed E-state index contributed by atoms with van der Waals surface area (Å²) in [6.45, 7) is 0.145. The number of aromatic nitrogens is 2. The molecule has 0 spiro atoms. The van der Waals surface area contributed by atoms with Gasteiger partial charge < -0.3 is 14.8 Å². The molecule has 1 aliphatic heterocycles. The number of sulfonamides is 1. The number of nitrogens with one attached hydrogen (secondary N) is 1. The molecule has 0 radical (unpaired) electrons. The van der Waals surface area contributed by atoms with Gasteiger partial charge in [-0.25, -0.2) is 8.42 Å². The first-order valence-electron chi connectivity index (χ1n) is 10.3. The van der Waals surface area contributed by atoms with Gasteiger partial charge in [-0.3, -0.25) is 4.98 Å². The van der Waals surface area contributed by atoms with Crippen molar-refractivity contribution >= 4 is 20.9 Å². The Kier molecular flexibility index (Phi) is 5.21. The zero-order valence-corrected chi connectivity index (χ0v) is 18.3. The van der Waals surface area contributed by atoms with E-state index in [0.29, 0.717) is 17.7 Å². The quantitative estimate of drug-likeness (QED) is 0.487. The van der Waals surface area contributed by atoms with Crippen LogP contribution >= 0.6 is 0 Å². The Morgan fingerprint density at radius 1 is 1.12 bits per heavy atom. The third kappa shape index (κ3) is 3.46. The molecule has 1 aliphatic rings. The number of benzene rings is 2. The average Bonchev–Trinajstić information content (AvgIpc) is 3.22. The van der Waals surface area contributed by atoms with E-state index in [9.17, 15) is 13.5 Å². The summed E-state index contributed by atoms with van der Waals surface area (Å²) in [4.78, 5) is 7.41. The van der Waals surface area contributed by atoms with Crippen molar-refractivity contribution < 1.29 is 18.3 Å². The molecule has 32 heavy (non-hydrogen) atoms. The van der Waals surface area contributed by atoms with Crippen LogP contribution in [-0.2, 0) is 23.0 Å². The summed E-state index contributed by atoms with van der Waals surface area (Å²) in [6, 6.07) is 15.3. The molecule has 0 saturated carbocycles. The van der Waals surface area contributed by atoms with E-state index in [4.69, 9.17) is 4.74 Å². The zero-order chi connectivity index (χ0) is 22.3. The average molecular weight is 450 g/mol. The Morgan fingerprint density at radius 2 is 1.91 bits per heavy atom. The van der Waals surface area contributed by atoms with Gasteiger partial charge in [0.05, 0.1) is 24.2 Å². The third-order valence-corrected chi connectivity index (χ3v) is 8.00. The number of hydrogen-bond donors (Lipinski definition) is 2. The van der Waals surface area contributed by atoms with E-state index in [-0.39, 0.29) is 11.4 Å². The van der Waals surface area contributed by atoms with Gasteiger partial charge in [0.25, 0.3) is 0 Å². The van der Waals surface area contributed by atoms with Crippen LogP contribution in [0, 0.1) is 0 Å². The van der Waals surface area contributed by atoms with E-state index in [1.54, 1.807) is 55.9 Å². The molecule has 2 atom stereocenters. The molecule has 0 aliphatic carbocycles. The molecule has 5 rings (SSSR count). The van der Waals surface area contributed by atoms with Crippen molar-refractivity contribution in [1.29, 1.82) is 0 Å². The van der Waals surface area contributed by atoms with Gasteiger partial charge in [0.2, 0.25) is 10.0 Å². The van der Waals surface area contributed by atoms with Gasteiger partial charge in [-0.05, 0) is 53.9 Å². The molecule has 2 aromatic heterocycles. The number of methoxy groups -OCH3 is 1. The first-order chi connectivity index (χ1) is 15.5. The highest BCUT2D eigenvalue weighted by Crippen LogP contribution is 2.39. The lowest BCUT2D eigenvalue weighted by atomic mass is 9.95. The van der Waals surface area contributed by atoms with Crippen LogP contribution in [0.15, 0.2) is 78.1 Å². The molecular weight excluding hydrogens is 426 g/mol. The maximum absolute atomic E-state index is 13.6. The molecule has 0 saturated heterocycles. The van der Waals surface area contributed by atoms with Crippen molar-refractivity contribution in [2.24, 2.45) is 0 Å². The molecule has 4 aromatic rings. The van der Waals surface area contributed by atoms with Crippen molar-refractivity contribution in [2.75, 3.05) is 7.11 Å². The van der Waals surface area contributed by atoms with E-state index in [1.807, 2.05) is 24.4 Å². The van der Waals surface area contributed by atoms with E-state index in [0.717, 1.165) is 22.0 Å². The summed E-state index contributed by atoms with van der Waals surface area (Å²) >= 11 is 0. The van der Waals surface area contributed by atoms with Crippen LogP contribution < -0.4 is 4.74 Å². The number of fused-ring (bicyclic) bond motifs is 2. The molecule has 164 valence electrons. The number of rotatable bonds is 5. The first kappa shape index (κ1) is 20.7. The fraction of sp³-hybridized carbons (Fsp3) is 0.208. The van der Waals surface area contributed by atoms with Crippen molar-refractivity contribution in [3.63, 3.8) is 0 Å². The predicted molar refractivity (Wildman–Crippen MR) is 121 cm³/mol. The maximum atomic E-state index is 13.6. The molecule has 0 fully saturated rings. The number of pyridine rings is 1. The fourth-order valence-corrected chi connectivity index (χ4v) is 6.25. The Balaban J connectivity index is 1.61. The van der Waals surface area contributed by atoms with Crippen molar-refractivity contribution in [2.45, 2.75) is 30.0 Å². The van der Waals surface area contributed by atoms with Crippen LogP contribution in [0.5, 0.6) is 5.75 Å². The summed E-state index contributed by atoms with van der Waals surface area (Å²) in [7, 11) is -2.20. The minimum Gasteiger partial charge on any atom is -0.497 e. The minimum atomic E-state index is -3.81. The number of ether oxygens (including phenoxy) is 1. The molecule has 0 amide bonds. The minimum absolute atomic E-state index is 0.145. The predicted octanol–water partition coefficient (Wildman–Crippen LogP) is 3.42. The third-order valence-electron chi connectivity index (χ3n) is 6.05. The molecular formula is C24H23N3O4S. The van der Waals surface area contributed by atoms with Gasteiger partial charge in [-0.2, -0.15) is 4.31 Å². The standard InChI is InChI=1S/C24H23N3O4S/c1-31-18-6-7-21-20(13-18)17(14-26-21)12-22-24(28)19-4-2-3-5-23(19)32(29,30)27(22)15-16-8-10-25-11-9-16/h2-11,13-14,22,24,26,28H,12,15H2,1H3. The zero-order valence-electron chi connectivity index (χ0n) is 17.5. The Morgan fingerprint density at radius 3 is 2.69 bits per heavy atom. The van der Waals surface area contributed by atoms with E-state index in [1.165, 1.54) is 4.31 Å². The summed E-state index contributed by atoms with van der Waals surface area (Å²) in [5.74, 6) is 0.717. The van der Waals surface area contributed by atoms with Crippen LogP contribution in [0.2, 0.25) is 0 Å². The van der Waals surface area contributed by atoms with Gasteiger partial charge in [0.15, 0.2) is 0 Å². The Bertz CT molecular complexity index is 1370. The van der Waals surface area contributed by atoms with E-state index >= 15 is 0 Å². The summed E-state index contributed by atoms with van der Waals surface area (Å²) in [5.41, 5.74) is 3.08. The summed E-state index contributed by atoms with van der Waals surface area (Å²) < 4.78 is 34.0. The second-order valence-electron chi connectivity index (χ2n) is 7.89. The molecule has 2 aromatic carbocycles. The summed E-state index contributed by atoms with van der Waals surface area (Å²) in [5, 5.41) is 12.3. The van der Waals surface area contributed by atoms with Crippen LogP contribution in [0.3, 0.4) is 0 Å². The lowest BCUT2D eigenvalue weighted by molar-refractivity contribution is 0.0771. The monoisotopic (exact) mass is 449 g/mol. The van der Waals surface area contributed by atoms with Crippen molar-refractivity contribution in [1.82, 2.24) is 14.3 Å². The molecule has 7 nitrogen and oxygen atoms in total. The Labute approximate surface area is 186 Å². The molecule has 8 heteroatoms. The molecule has 2 N–H and O–H groups in total. The van der Waals surface area contributed by atoms with E-state index in [2.05, 4.69) is 9.97 Å². The van der Waals surface area contributed by atoms with Gasteiger partial charge in [0, 0.05) is 41.6 Å². The number of aliphatic hydroxyl groups is 1. The lowest BCUT2D eigenvalue weighted by Crippen LogP contribution is -2.48. The second kappa shape index (κ2) is 8.05. The number of nitrogens with zero attached hydrogens (tertiary/aromatic N) is 2. The first-order valence-corrected chi connectivity index (χ1v) is 11.7. The SMILES string of the molecule is COc1ccc2[nH]cc(CC3C(O)c4ccccc4S(=O)(=O)N3Cc3ccncc3)c2c1. The highest BCUT2D eigenvalue weighted by molar-refractivity contribution is 7.89. The van der Waals surface area contributed by atoms with Crippen LogP contribution in [0.25, 0.3) is 10.9 Å². The Hall–Kier alpha value is -3.20. The smallest absolute Gasteiger partial charge is 0.244 e. The van der Waals surface area contributed by atoms with Gasteiger partial charge in [0.1, 0.15) is 5.75 Å². The highest BCUT2D eigenvalue weighted by Gasteiger charge is 2.43. The van der Waals surface area contributed by atoms with Crippen LogP contribution in [0.4, 0.5) is 0 Å². The van der Waals surface area contributed by atoms with Crippen molar-refractivity contribution in [3.8, 4) is 5.75 Å². The largest absolute Gasteiger partial charge is 0.497 e.